The summed E-state index contributed by atoms with van der Waals surface area (Å²) in [6, 6.07) is 8.65. The molecule has 0 aliphatic carbocycles. The van der Waals surface area contributed by atoms with Gasteiger partial charge in [-0.25, -0.2) is 9.52 Å². The van der Waals surface area contributed by atoms with E-state index >= 15 is 0 Å². The Labute approximate surface area is 128 Å². The van der Waals surface area contributed by atoms with Crippen LogP contribution in [0.1, 0.15) is 19.4 Å². The maximum atomic E-state index is 12.0. The highest BCUT2D eigenvalue weighted by Gasteiger charge is 2.26. The molecule has 0 saturated carbocycles. The van der Waals surface area contributed by atoms with Crippen molar-refractivity contribution in [2.75, 3.05) is 5.32 Å². The van der Waals surface area contributed by atoms with Gasteiger partial charge in [0.25, 0.3) is 10.0 Å². The summed E-state index contributed by atoms with van der Waals surface area (Å²) in [5, 5.41) is 11.7. The van der Waals surface area contributed by atoms with E-state index < -0.39 is 26.7 Å². The predicted molar refractivity (Wildman–Crippen MR) is 79.7 cm³/mol. The fraction of sp³-hybridized carbons (Fsp3) is 0.214. The largest absolute Gasteiger partial charge is 0.451 e. The predicted octanol–water partition coefficient (Wildman–Crippen LogP) is 2.02. The summed E-state index contributed by atoms with van der Waals surface area (Å²) in [5.74, 6) is 0. The molecule has 2 rings (SSSR count). The number of rotatable bonds is 4. The van der Waals surface area contributed by atoms with Gasteiger partial charge in [-0.05, 0) is 26.0 Å². The Morgan fingerprint density at radius 3 is 2.41 bits per heavy atom. The standard InChI is InChI=1S/C14H16N2O5S/c1-14(2,18)10-8-12(21-9-10)22(19,20)16-13(17)15-11-6-4-3-5-7-11/h3-9,18H,1-2H3,(H2,15,16,17). The second-order valence-electron chi connectivity index (χ2n) is 5.14. The first-order valence-electron chi connectivity index (χ1n) is 6.39. The van der Waals surface area contributed by atoms with Gasteiger partial charge in [0, 0.05) is 17.3 Å². The number of para-hydroxylation sites is 1. The first kappa shape index (κ1) is 16.1. The molecular formula is C14H16N2O5S. The summed E-state index contributed by atoms with van der Waals surface area (Å²) >= 11 is 0. The van der Waals surface area contributed by atoms with Crippen molar-refractivity contribution >= 4 is 21.7 Å². The molecule has 0 fully saturated rings. The van der Waals surface area contributed by atoms with Crippen molar-refractivity contribution in [2.24, 2.45) is 0 Å². The van der Waals surface area contributed by atoms with Crippen molar-refractivity contribution in [1.82, 2.24) is 4.72 Å². The Bertz CT molecular complexity index is 760. The lowest BCUT2D eigenvalue weighted by atomic mass is 10.0. The number of urea groups is 1. The van der Waals surface area contributed by atoms with Gasteiger partial charge in [-0.15, -0.1) is 0 Å². The van der Waals surface area contributed by atoms with Crippen molar-refractivity contribution in [3.05, 3.63) is 48.2 Å². The molecule has 8 heteroatoms. The number of nitrogens with one attached hydrogen (secondary N) is 2. The molecule has 118 valence electrons. The number of sulfonamides is 1. The molecule has 1 aromatic carbocycles. The third-order valence-electron chi connectivity index (χ3n) is 2.81. The number of hydrogen-bond donors (Lipinski definition) is 3. The molecular weight excluding hydrogens is 308 g/mol. The average Bonchev–Trinajstić information content (AvgIpc) is 2.89. The number of hydrogen-bond acceptors (Lipinski definition) is 5. The quantitative estimate of drug-likeness (QED) is 0.797. The van der Waals surface area contributed by atoms with E-state index in [1.165, 1.54) is 13.8 Å². The van der Waals surface area contributed by atoms with E-state index in [1.54, 1.807) is 30.3 Å². The van der Waals surface area contributed by atoms with Gasteiger partial charge in [0.1, 0.15) is 0 Å². The van der Waals surface area contributed by atoms with Crippen LogP contribution in [0.2, 0.25) is 0 Å². The Balaban J connectivity index is 2.11. The molecule has 7 nitrogen and oxygen atoms in total. The zero-order chi connectivity index (χ0) is 16.4. The van der Waals surface area contributed by atoms with E-state index in [2.05, 4.69) is 5.32 Å². The molecule has 0 aliphatic heterocycles. The molecule has 0 bridgehead atoms. The lowest BCUT2D eigenvalue weighted by Gasteiger charge is -2.13. The summed E-state index contributed by atoms with van der Waals surface area (Å²) in [6.07, 6.45) is 1.13. The van der Waals surface area contributed by atoms with Crippen LogP contribution in [0.15, 0.2) is 52.2 Å². The van der Waals surface area contributed by atoms with Crippen LogP contribution in [0.3, 0.4) is 0 Å². The van der Waals surface area contributed by atoms with Gasteiger partial charge in [0.05, 0.1) is 11.9 Å². The SMILES string of the molecule is CC(C)(O)c1coc(S(=O)(=O)NC(=O)Nc2ccccc2)c1. The van der Waals surface area contributed by atoms with Crippen LogP contribution in [0.5, 0.6) is 0 Å². The minimum Gasteiger partial charge on any atom is -0.451 e. The second kappa shape index (κ2) is 5.82. The number of benzene rings is 1. The summed E-state index contributed by atoms with van der Waals surface area (Å²) < 4.78 is 30.8. The maximum absolute atomic E-state index is 12.0. The topological polar surface area (TPSA) is 109 Å². The van der Waals surface area contributed by atoms with Crippen LogP contribution >= 0.6 is 0 Å². The van der Waals surface area contributed by atoms with Crippen molar-refractivity contribution in [3.63, 3.8) is 0 Å². The minimum atomic E-state index is -4.16. The van der Waals surface area contributed by atoms with Gasteiger partial charge in [-0.2, -0.15) is 8.42 Å². The monoisotopic (exact) mass is 324 g/mol. The molecule has 2 amide bonds. The molecule has 0 unspecified atom stereocenters. The van der Waals surface area contributed by atoms with Crippen LogP contribution in [0, 0.1) is 0 Å². The van der Waals surface area contributed by atoms with Gasteiger partial charge >= 0.3 is 6.03 Å². The maximum Gasteiger partial charge on any atom is 0.333 e. The first-order chi connectivity index (χ1) is 10.2. The Kier molecular flexibility index (Phi) is 4.25. The van der Waals surface area contributed by atoms with Crippen molar-refractivity contribution in [3.8, 4) is 0 Å². The highest BCUT2D eigenvalue weighted by molar-refractivity contribution is 7.89. The van der Waals surface area contributed by atoms with Crippen molar-refractivity contribution < 1.29 is 22.7 Å². The van der Waals surface area contributed by atoms with Gasteiger partial charge < -0.3 is 14.8 Å². The number of anilines is 1. The lowest BCUT2D eigenvalue weighted by Crippen LogP contribution is -2.34. The zero-order valence-electron chi connectivity index (χ0n) is 12.0. The van der Waals surface area contributed by atoms with Gasteiger partial charge in [0.15, 0.2) is 0 Å². The van der Waals surface area contributed by atoms with Crippen LogP contribution < -0.4 is 10.0 Å². The van der Waals surface area contributed by atoms with Gasteiger partial charge in [0.2, 0.25) is 5.09 Å². The molecule has 3 N–H and O–H groups in total. The van der Waals surface area contributed by atoms with Crippen LogP contribution in [-0.2, 0) is 15.6 Å². The molecule has 0 radical (unpaired) electrons. The number of furan rings is 1. The Morgan fingerprint density at radius 2 is 1.86 bits per heavy atom. The van der Waals surface area contributed by atoms with Crippen molar-refractivity contribution in [2.45, 2.75) is 24.5 Å². The third-order valence-corrected chi connectivity index (χ3v) is 4.00. The van der Waals surface area contributed by atoms with E-state index in [0.29, 0.717) is 5.69 Å². The lowest BCUT2D eigenvalue weighted by molar-refractivity contribution is 0.0779. The molecule has 2 aromatic rings. The first-order valence-corrected chi connectivity index (χ1v) is 7.87. The van der Waals surface area contributed by atoms with E-state index in [-0.39, 0.29) is 5.56 Å². The molecule has 1 heterocycles. The van der Waals surface area contributed by atoms with Crippen LogP contribution in [0.25, 0.3) is 0 Å². The number of amides is 2. The van der Waals surface area contributed by atoms with Crippen LogP contribution in [-0.4, -0.2) is 19.6 Å². The molecule has 22 heavy (non-hydrogen) atoms. The van der Waals surface area contributed by atoms with Crippen molar-refractivity contribution in [1.29, 1.82) is 0 Å². The highest BCUT2D eigenvalue weighted by Crippen LogP contribution is 2.24. The fourth-order valence-electron chi connectivity index (χ4n) is 1.63. The second-order valence-corrected chi connectivity index (χ2v) is 6.75. The summed E-state index contributed by atoms with van der Waals surface area (Å²) in [6.45, 7) is 2.98. The van der Waals surface area contributed by atoms with E-state index in [0.717, 1.165) is 12.3 Å². The fourth-order valence-corrected chi connectivity index (χ4v) is 2.48. The van der Waals surface area contributed by atoms with Gasteiger partial charge in [-0.1, -0.05) is 18.2 Å². The summed E-state index contributed by atoms with van der Waals surface area (Å²) in [7, 11) is -4.16. The molecule has 0 atom stereocenters. The molecule has 0 aliphatic rings. The summed E-state index contributed by atoms with van der Waals surface area (Å²) in [5.41, 5.74) is -0.507. The van der Waals surface area contributed by atoms with E-state index in [4.69, 9.17) is 4.42 Å². The molecule has 0 saturated heterocycles. The Morgan fingerprint density at radius 1 is 1.23 bits per heavy atom. The average molecular weight is 324 g/mol. The Hall–Kier alpha value is -2.32. The third kappa shape index (κ3) is 3.86. The highest BCUT2D eigenvalue weighted by atomic mass is 32.2. The van der Waals surface area contributed by atoms with Crippen LogP contribution in [0.4, 0.5) is 10.5 Å². The van der Waals surface area contributed by atoms with E-state index in [9.17, 15) is 18.3 Å². The minimum absolute atomic E-state index is 0.288. The normalized spacial score (nSPS) is 12.0. The molecule has 0 spiro atoms. The number of aliphatic hydroxyl groups is 1. The molecule has 1 aromatic heterocycles. The smallest absolute Gasteiger partial charge is 0.333 e. The summed E-state index contributed by atoms with van der Waals surface area (Å²) in [4.78, 5) is 11.7. The zero-order valence-corrected chi connectivity index (χ0v) is 12.8. The number of carbonyl (C=O) groups excluding carboxylic acids is 1. The van der Waals surface area contributed by atoms with E-state index in [1.807, 2.05) is 4.72 Å². The van der Waals surface area contributed by atoms with Gasteiger partial charge in [-0.3, -0.25) is 0 Å². The number of carbonyl (C=O) groups is 1.